The molecule has 0 unspecified atom stereocenters. The molecule has 0 aromatic heterocycles. The number of hydrogen-bond acceptors (Lipinski definition) is 1. The Balaban J connectivity index is 4.46. The smallest absolute Gasteiger partial charge is 0.321 e. The fourth-order valence-corrected chi connectivity index (χ4v) is 1.63. The van der Waals surface area contributed by atoms with Crippen LogP contribution in [0.15, 0.2) is 52.6 Å². The van der Waals surface area contributed by atoms with E-state index in [-0.39, 0.29) is 0 Å². The summed E-state index contributed by atoms with van der Waals surface area (Å²) in [6.07, 6.45) is 9.89. The second kappa shape index (κ2) is 8.90. The Morgan fingerprint density at radius 1 is 1.21 bits per heavy atom. The Morgan fingerprint density at radius 2 is 1.84 bits per heavy atom. The van der Waals surface area contributed by atoms with E-state index in [0.717, 1.165) is 18.7 Å². The molecule has 2 N–H and O–H groups in total. The van der Waals surface area contributed by atoms with E-state index >= 15 is 0 Å². The van der Waals surface area contributed by atoms with E-state index in [1.54, 1.807) is 13.0 Å². The van der Waals surface area contributed by atoms with Crippen molar-refractivity contribution in [1.82, 2.24) is 0 Å². The molecule has 0 saturated carbocycles. The van der Waals surface area contributed by atoms with Gasteiger partial charge < -0.3 is 9.79 Å². The molecule has 0 atom stereocenters. The number of rotatable bonds is 6. The summed E-state index contributed by atoms with van der Waals surface area (Å²) in [5.41, 5.74) is 5.82. The van der Waals surface area contributed by atoms with Gasteiger partial charge in [0.15, 0.2) is 0 Å². The van der Waals surface area contributed by atoms with Crippen molar-refractivity contribution in [3.8, 4) is 0 Å². The maximum Gasteiger partial charge on any atom is 0.356 e. The lowest BCUT2D eigenvalue weighted by molar-refractivity contribution is 0.386. The molecular weight excluding hydrogens is 259 g/mol. The molecule has 0 aliphatic rings. The molecule has 0 aromatic carbocycles. The van der Waals surface area contributed by atoms with Crippen LogP contribution in [0.4, 0.5) is 0 Å². The fraction of sp³-hybridized carbons (Fsp3) is 0.400. The zero-order valence-electron chi connectivity index (χ0n) is 12.1. The molecule has 0 radical (unpaired) electrons. The maximum absolute atomic E-state index is 10.6. The standard InChI is InChI=1S/C15H23O3P/c1-13(2)7-5-8-14(3)9-6-10-15(4)11-12-19(16,17)18/h6-7,9-10,12H,5,8H2,1-4H3,(H2,16,17,18). The Labute approximate surface area is 115 Å². The van der Waals surface area contributed by atoms with Gasteiger partial charge in [-0.25, -0.2) is 0 Å². The first kappa shape index (κ1) is 17.9. The summed E-state index contributed by atoms with van der Waals surface area (Å²) in [6, 6.07) is 0. The Morgan fingerprint density at radius 3 is 2.37 bits per heavy atom. The van der Waals surface area contributed by atoms with Gasteiger partial charge in [-0.15, -0.1) is 5.73 Å². The lowest BCUT2D eigenvalue weighted by Crippen LogP contribution is -1.76. The SMILES string of the molecule is CC(=C=CP(=O)(O)O)C=CC=C(C)CCC=C(C)C. The Kier molecular flexibility index (Phi) is 8.38. The third-order valence-corrected chi connectivity index (χ3v) is 2.74. The maximum atomic E-state index is 10.6. The summed E-state index contributed by atoms with van der Waals surface area (Å²) in [6.45, 7) is 7.98. The molecule has 0 aliphatic carbocycles. The summed E-state index contributed by atoms with van der Waals surface area (Å²) in [4.78, 5) is 17.3. The second-order valence-electron chi connectivity index (χ2n) is 4.74. The predicted molar refractivity (Wildman–Crippen MR) is 80.9 cm³/mol. The van der Waals surface area contributed by atoms with Crippen LogP contribution in [0.2, 0.25) is 0 Å². The van der Waals surface area contributed by atoms with Crippen molar-refractivity contribution < 1.29 is 14.4 Å². The molecule has 0 saturated heterocycles. The summed E-state index contributed by atoms with van der Waals surface area (Å²) >= 11 is 0. The van der Waals surface area contributed by atoms with Gasteiger partial charge in [-0.3, -0.25) is 4.57 Å². The number of hydrogen-bond donors (Lipinski definition) is 2. The van der Waals surface area contributed by atoms with Gasteiger partial charge in [-0.05, 0) is 46.1 Å². The van der Waals surface area contributed by atoms with E-state index in [1.165, 1.54) is 11.1 Å². The molecule has 0 amide bonds. The highest BCUT2D eigenvalue weighted by Crippen LogP contribution is 2.35. The van der Waals surface area contributed by atoms with Gasteiger partial charge in [0.2, 0.25) is 0 Å². The van der Waals surface area contributed by atoms with Gasteiger partial charge >= 0.3 is 7.60 Å². The van der Waals surface area contributed by atoms with Crippen molar-refractivity contribution in [2.24, 2.45) is 0 Å². The first-order valence-electron chi connectivity index (χ1n) is 6.17. The van der Waals surface area contributed by atoms with Gasteiger partial charge in [0.1, 0.15) is 0 Å². The molecule has 0 bridgehead atoms. The van der Waals surface area contributed by atoms with Crippen molar-refractivity contribution in [2.45, 2.75) is 40.5 Å². The normalized spacial score (nSPS) is 12.2. The van der Waals surface area contributed by atoms with E-state index < -0.39 is 7.60 Å². The van der Waals surface area contributed by atoms with Crippen molar-refractivity contribution in [3.63, 3.8) is 0 Å². The van der Waals surface area contributed by atoms with E-state index in [0.29, 0.717) is 5.57 Å². The first-order valence-corrected chi connectivity index (χ1v) is 7.86. The fourth-order valence-electron chi connectivity index (χ4n) is 1.26. The monoisotopic (exact) mass is 282 g/mol. The average Bonchev–Trinajstić information content (AvgIpc) is 2.25. The molecule has 3 nitrogen and oxygen atoms in total. The minimum absolute atomic E-state index is 0.677. The van der Waals surface area contributed by atoms with Crippen molar-refractivity contribution in [2.75, 3.05) is 0 Å². The van der Waals surface area contributed by atoms with Crippen LogP contribution in [0.1, 0.15) is 40.5 Å². The van der Waals surface area contributed by atoms with Crippen LogP contribution < -0.4 is 0 Å². The summed E-state index contributed by atoms with van der Waals surface area (Å²) in [7, 11) is -4.11. The van der Waals surface area contributed by atoms with Gasteiger partial charge in [0.05, 0.1) is 5.82 Å². The molecule has 0 heterocycles. The largest absolute Gasteiger partial charge is 0.356 e. The van der Waals surface area contributed by atoms with Crippen LogP contribution in [0.3, 0.4) is 0 Å². The molecule has 4 heteroatoms. The van der Waals surface area contributed by atoms with Gasteiger partial charge in [-0.1, -0.05) is 35.5 Å². The third-order valence-electron chi connectivity index (χ3n) is 2.28. The molecule has 0 aliphatic heterocycles. The third kappa shape index (κ3) is 13.1. The van der Waals surface area contributed by atoms with Crippen molar-refractivity contribution >= 4 is 7.60 Å². The molecular formula is C15H23O3P. The van der Waals surface area contributed by atoms with Crippen LogP contribution in [0.25, 0.3) is 0 Å². The summed E-state index contributed by atoms with van der Waals surface area (Å²) in [5.74, 6) is 0.790. The highest BCUT2D eigenvalue weighted by molar-refractivity contribution is 7.55. The molecule has 106 valence electrons. The van der Waals surface area contributed by atoms with Gasteiger partial charge in [-0.2, -0.15) is 0 Å². The zero-order chi connectivity index (χ0) is 14.9. The topological polar surface area (TPSA) is 57.5 Å². The highest BCUT2D eigenvalue weighted by atomic mass is 31.2. The molecule has 0 aromatic rings. The molecule has 0 fully saturated rings. The van der Waals surface area contributed by atoms with Crippen LogP contribution >= 0.6 is 7.60 Å². The van der Waals surface area contributed by atoms with E-state index in [2.05, 4.69) is 32.6 Å². The first-order chi connectivity index (χ1) is 8.70. The van der Waals surface area contributed by atoms with Crippen molar-refractivity contribution in [1.29, 1.82) is 0 Å². The van der Waals surface area contributed by atoms with Crippen LogP contribution in [-0.2, 0) is 4.57 Å². The molecule has 0 rings (SSSR count). The quantitative estimate of drug-likeness (QED) is 0.327. The van der Waals surface area contributed by atoms with E-state index in [9.17, 15) is 4.57 Å². The molecule has 19 heavy (non-hydrogen) atoms. The minimum atomic E-state index is -4.11. The lowest BCUT2D eigenvalue weighted by atomic mass is 10.1. The van der Waals surface area contributed by atoms with Crippen LogP contribution in [0, 0.1) is 0 Å². The number of allylic oxidation sites excluding steroid dienone is 7. The predicted octanol–water partition coefficient (Wildman–Crippen LogP) is 4.47. The summed E-state index contributed by atoms with van der Waals surface area (Å²) in [5, 5.41) is 0. The van der Waals surface area contributed by atoms with E-state index in [4.69, 9.17) is 9.79 Å². The van der Waals surface area contributed by atoms with Crippen LogP contribution in [0.5, 0.6) is 0 Å². The zero-order valence-corrected chi connectivity index (χ0v) is 12.9. The highest BCUT2D eigenvalue weighted by Gasteiger charge is 2.03. The van der Waals surface area contributed by atoms with Gasteiger partial charge in [0, 0.05) is 0 Å². The van der Waals surface area contributed by atoms with Crippen LogP contribution in [-0.4, -0.2) is 9.79 Å². The minimum Gasteiger partial charge on any atom is -0.321 e. The van der Waals surface area contributed by atoms with E-state index in [1.807, 2.05) is 12.2 Å². The Hall–Kier alpha value is -1.11. The second-order valence-corrected chi connectivity index (χ2v) is 6.17. The molecule has 0 spiro atoms. The average molecular weight is 282 g/mol. The Bertz CT molecular complexity index is 480. The van der Waals surface area contributed by atoms with Crippen molar-refractivity contribution in [3.05, 3.63) is 52.6 Å². The lowest BCUT2D eigenvalue weighted by Gasteiger charge is -1.96. The van der Waals surface area contributed by atoms with Gasteiger partial charge in [0.25, 0.3) is 0 Å². The summed E-state index contributed by atoms with van der Waals surface area (Å²) < 4.78 is 10.6.